The van der Waals surface area contributed by atoms with E-state index in [1.807, 2.05) is 6.92 Å². The van der Waals surface area contributed by atoms with Crippen molar-refractivity contribution < 1.29 is 19.0 Å². The third-order valence-electron chi connectivity index (χ3n) is 3.71. The summed E-state index contributed by atoms with van der Waals surface area (Å²) in [4.78, 5) is 0. The Morgan fingerprint density at radius 3 is 2.41 bits per heavy atom. The molecule has 0 bridgehead atoms. The molecule has 1 heterocycles. The molecule has 1 aliphatic rings. The van der Waals surface area contributed by atoms with Crippen LogP contribution in [0.2, 0.25) is 18.1 Å². The molecule has 102 valence electrons. The van der Waals surface area contributed by atoms with Crippen LogP contribution in [0.5, 0.6) is 0 Å². The first-order valence-electron chi connectivity index (χ1n) is 6.23. The third-order valence-corrected chi connectivity index (χ3v) is 8.21. The second-order valence-electron chi connectivity index (χ2n) is 6.17. The minimum absolute atomic E-state index is 0.0208. The fourth-order valence-corrected chi connectivity index (χ4v) is 2.87. The standard InChI is InChI=1S/C12H26O4Si/c1-9-14-8-11(10(7-13)15-9)16-17(5,6)12(2,3)4/h9-11,13H,7-8H2,1-6H3/t9-,10?,11+/m0/s1. The maximum absolute atomic E-state index is 9.33. The predicted octanol–water partition coefficient (Wildman–Crippen LogP) is 2.13. The van der Waals surface area contributed by atoms with Gasteiger partial charge in [-0.15, -0.1) is 0 Å². The lowest BCUT2D eigenvalue weighted by molar-refractivity contribution is -0.247. The summed E-state index contributed by atoms with van der Waals surface area (Å²) in [6.07, 6.45) is -0.684. The van der Waals surface area contributed by atoms with Crippen LogP contribution in [0.15, 0.2) is 0 Å². The molecular formula is C12H26O4Si. The first-order valence-corrected chi connectivity index (χ1v) is 9.14. The number of rotatable bonds is 3. The summed E-state index contributed by atoms with van der Waals surface area (Å²) < 4.78 is 17.2. The smallest absolute Gasteiger partial charge is 0.192 e. The van der Waals surface area contributed by atoms with Crippen LogP contribution in [0, 0.1) is 0 Å². The van der Waals surface area contributed by atoms with Crippen LogP contribution in [-0.2, 0) is 13.9 Å². The molecule has 1 rings (SSSR count). The Kier molecular flexibility index (Phi) is 4.77. The second kappa shape index (κ2) is 5.36. The summed E-state index contributed by atoms with van der Waals surface area (Å²) in [6, 6.07) is 0. The van der Waals surface area contributed by atoms with Gasteiger partial charge in [0.1, 0.15) is 6.10 Å². The molecule has 1 unspecified atom stereocenters. The fourth-order valence-electron chi connectivity index (χ4n) is 1.54. The second-order valence-corrected chi connectivity index (χ2v) is 10.9. The van der Waals surface area contributed by atoms with E-state index in [9.17, 15) is 5.11 Å². The first kappa shape index (κ1) is 15.1. The molecule has 4 nitrogen and oxygen atoms in total. The molecular weight excluding hydrogens is 236 g/mol. The van der Waals surface area contributed by atoms with E-state index in [2.05, 4.69) is 33.9 Å². The van der Waals surface area contributed by atoms with Gasteiger partial charge < -0.3 is 19.0 Å². The molecule has 0 amide bonds. The molecule has 0 saturated carbocycles. The highest BCUT2D eigenvalue weighted by Crippen LogP contribution is 2.38. The zero-order chi connectivity index (χ0) is 13.3. The average molecular weight is 262 g/mol. The van der Waals surface area contributed by atoms with E-state index in [0.29, 0.717) is 6.61 Å². The van der Waals surface area contributed by atoms with Crippen molar-refractivity contribution >= 4 is 8.32 Å². The summed E-state index contributed by atoms with van der Waals surface area (Å²) in [7, 11) is -1.84. The quantitative estimate of drug-likeness (QED) is 0.792. The van der Waals surface area contributed by atoms with Gasteiger partial charge in [0.15, 0.2) is 14.6 Å². The highest BCUT2D eigenvalue weighted by Gasteiger charge is 2.42. The molecule has 1 fully saturated rings. The molecule has 17 heavy (non-hydrogen) atoms. The summed E-state index contributed by atoms with van der Waals surface area (Å²) in [5, 5.41) is 9.48. The van der Waals surface area contributed by atoms with Gasteiger partial charge in [0.2, 0.25) is 0 Å². The molecule has 0 aromatic carbocycles. The van der Waals surface area contributed by atoms with E-state index in [-0.39, 0.29) is 30.1 Å². The van der Waals surface area contributed by atoms with Crippen molar-refractivity contribution in [3.63, 3.8) is 0 Å². The average Bonchev–Trinajstić information content (AvgIpc) is 2.18. The molecule has 5 heteroatoms. The van der Waals surface area contributed by atoms with E-state index in [1.54, 1.807) is 0 Å². The van der Waals surface area contributed by atoms with Gasteiger partial charge in [-0.2, -0.15) is 0 Å². The van der Waals surface area contributed by atoms with Crippen LogP contribution in [0.1, 0.15) is 27.7 Å². The molecule has 0 aromatic heterocycles. The topological polar surface area (TPSA) is 47.9 Å². The number of hydrogen-bond donors (Lipinski definition) is 1. The Balaban J connectivity index is 2.67. The van der Waals surface area contributed by atoms with Gasteiger partial charge in [-0.3, -0.25) is 0 Å². The predicted molar refractivity (Wildman–Crippen MR) is 69.4 cm³/mol. The van der Waals surface area contributed by atoms with Gasteiger partial charge >= 0.3 is 0 Å². The monoisotopic (exact) mass is 262 g/mol. The minimum Gasteiger partial charge on any atom is -0.409 e. The number of ether oxygens (including phenoxy) is 2. The van der Waals surface area contributed by atoms with E-state index < -0.39 is 8.32 Å². The van der Waals surface area contributed by atoms with Crippen molar-refractivity contribution in [1.82, 2.24) is 0 Å². The number of aliphatic hydroxyl groups excluding tert-OH is 1. The highest BCUT2D eigenvalue weighted by molar-refractivity contribution is 6.74. The van der Waals surface area contributed by atoms with Gasteiger partial charge in [-0.05, 0) is 25.1 Å². The van der Waals surface area contributed by atoms with Crippen molar-refractivity contribution in [1.29, 1.82) is 0 Å². The molecule has 1 N–H and O–H groups in total. The van der Waals surface area contributed by atoms with Crippen LogP contribution >= 0.6 is 0 Å². The summed E-state index contributed by atoms with van der Waals surface area (Å²) in [5.74, 6) is 0. The maximum atomic E-state index is 9.33. The molecule has 1 aliphatic heterocycles. The molecule has 0 spiro atoms. The van der Waals surface area contributed by atoms with Crippen LogP contribution in [0.4, 0.5) is 0 Å². The van der Waals surface area contributed by atoms with E-state index in [4.69, 9.17) is 13.9 Å². The Labute approximate surface area is 105 Å². The number of aliphatic hydroxyl groups is 1. The molecule has 0 aromatic rings. The lowest BCUT2D eigenvalue weighted by Crippen LogP contribution is -2.53. The Hall–Kier alpha value is 0.0569. The van der Waals surface area contributed by atoms with Crippen molar-refractivity contribution in [3.8, 4) is 0 Å². The van der Waals surface area contributed by atoms with Crippen molar-refractivity contribution in [2.24, 2.45) is 0 Å². The van der Waals surface area contributed by atoms with E-state index >= 15 is 0 Å². The van der Waals surface area contributed by atoms with Crippen molar-refractivity contribution in [2.75, 3.05) is 13.2 Å². The van der Waals surface area contributed by atoms with E-state index in [1.165, 1.54) is 0 Å². The van der Waals surface area contributed by atoms with Gasteiger partial charge in [0.05, 0.1) is 19.3 Å². The summed E-state index contributed by atoms with van der Waals surface area (Å²) in [5.41, 5.74) is 0. The van der Waals surface area contributed by atoms with Crippen molar-refractivity contribution in [3.05, 3.63) is 0 Å². The van der Waals surface area contributed by atoms with Crippen LogP contribution in [0.25, 0.3) is 0 Å². The largest absolute Gasteiger partial charge is 0.409 e. The zero-order valence-electron chi connectivity index (χ0n) is 11.8. The van der Waals surface area contributed by atoms with E-state index in [0.717, 1.165) is 0 Å². The van der Waals surface area contributed by atoms with Crippen LogP contribution in [-0.4, -0.2) is 45.1 Å². The normalized spacial score (nSPS) is 31.6. The molecule has 1 saturated heterocycles. The highest BCUT2D eigenvalue weighted by atomic mass is 28.4. The van der Waals surface area contributed by atoms with Crippen LogP contribution in [0.3, 0.4) is 0 Å². The maximum Gasteiger partial charge on any atom is 0.192 e. The zero-order valence-corrected chi connectivity index (χ0v) is 12.8. The molecule has 3 atom stereocenters. The van der Waals surface area contributed by atoms with Crippen LogP contribution < -0.4 is 0 Å². The third kappa shape index (κ3) is 3.76. The van der Waals surface area contributed by atoms with Crippen molar-refractivity contribution in [2.45, 2.75) is 64.3 Å². The minimum atomic E-state index is -1.84. The SMILES string of the molecule is C[C@H]1OC[C@@H](O[Si](C)(C)C(C)(C)C)C(CO)O1. The Bertz CT molecular complexity index is 249. The number of hydrogen-bond acceptors (Lipinski definition) is 4. The Morgan fingerprint density at radius 1 is 1.35 bits per heavy atom. The first-order chi connectivity index (χ1) is 7.67. The Morgan fingerprint density at radius 2 is 1.94 bits per heavy atom. The van der Waals surface area contributed by atoms with Gasteiger partial charge in [-0.25, -0.2) is 0 Å². The van der Waals surface area contributed by atoms with Gasteiger partial charge in [0.25, 0.3) is 0 Å². The summed E-state index contributed by atoms with van der Waals surface area (Å²) in [6.45, 7) is 13.3. The lowest BCUT2D eigenvalue weighted by Gasteiger charge is -2.43. The van der Waals surface area contributed by atoms with Gasteiger partial charge in [0, 0.05) is 0 Å². The van der Waals surface area contributed by atoms with Gasteiger partial charge in [-0.1, -0.05) is 20.8 Å². The molecule has 0 radical (unpaired) electrons. The molecule has 0 aliphatic carbocycles. The summed E-state index contributed by atoms with van der Waals surface area (Å²) >= 11 is 0. The lowest BCUT2D eigenvalue weighted by atomic mass is 10.2. The fraction of sp³-hybridized carbons (Fsp3) is 1.00.